The zero-order valence-corrected chi connectivity index (χ0v) is 13.4. The van der Waals surface area contributed by atoms with E-state index >= 15 is 0 Å². The molecule has 0 aromatic heterocycles. The van der Waals surface area contributed by atoms with Gasteiger partial charge in [0, 0.05) is 0 Å². The number of esters is 1. The molecule has 0 fully saturated rings. The molecule has 0 amide bonds. The number of hydrogen-bond acceptors (Lipinski definition) is 2. The summed E-state index contributed by atoms with van der Waals surface area (Å²) in [6, 6.07) is 13.3. The van der Waals surface area contributed by atoms with E-state index in [2.05, 4.69) is 20.8 Å². The Balaban J connectivity index is 2.15. The largest absolute Gasteiger partial charge is 0.423 e. The molecule has 0 N–H and O–H groups in total. The molecule has 0 atom stereocenters. The van der Waals surface area contributed by atoms with E-state index in [9.17, 15) is 4.79 Å². The van der Waals surface area contributed by atoms with E-state index in [0.717, 1.165) is 5.56 Å². The number of rotatable bonds is 2. The monoisotopic (exact) mass is 282 g/mol. The van der Waals surface area contributed by atoms with Gasteiger partial charge in [-0.3, -0.25) is 0 Å². The molecule has 0 aliphatic carbocycles. The highest BCUT2D eigenvalue weighted by atomic mass is 16.5. The van der Waals surface area contributed by atoms with Gasteiger partial charge in [0.1, 0.15) is 5.75 Å². The fraction of sp³-hybridized carbons (Fsp3) is 0.316. The molecule has 2 nitrogen and oxygen atoms in total. The number of hydrogen-bond donors (Lipinski definition) is 0. The lowest BCUT2D eigenvalue weighted by Gasteiger charge is -2.18. The van der Waals surface area contributed by atoms with Crippen molar-refractivity contribution in [2.45, 2.75) is 40.0 Å². The van der Waals surface area contributed by atoms with Crippen LogP contribution in [0.5, 0.6) is 5.75 Å². The maximum atomic E-state index is 12.1. The molecule has 21 heavy (non-hydrogen) atoms. The Morgan fingerprint density at radius 2 is 1.52 bits per heavy atom. The summed E-state index contributed by atoms with van der Waals surface area (Å²) in [5.41, 5.74) is 4.15. The molecule has 0 spiro atoms. The molecule has 0 saturated carbocycles. The Bertz CT molecular complexity index is 646. The van der Waals surface area contributed by atoms with E-state index in [0.29, 0.717) is 11.3 Å². The van der Waals surface area contributed by atoms with Gasteiger partial charge in [0.15, 0.2) is 0 Å². The third-order valence-corrected chi connectivity index (χ3v) is 3.68. The molecule has 2 aromatic rings. The highest BCUT2D eigenvalue weighted by Gasteiger charge is 2.15. The van der Waals surface area contributed by atoms with Gasteiger partial charge in [0.05, 0.1) is 5.56 Å². The van der Waals surface area contributed by atoms with Crippen molar-refractivity contribution >= 4 is 5.97 Å². The summed E-state index contributed by atoms with van der Waals surface area (Å²) in [6.45, 7) is 10.5. The molecular formula is C19H22O2. The molecule has 0 unspecified atom stereocenters. The summed E-state index contributed by atoms with van der Waals surface area (Å²) in [7, 11) is 0. The first-order valence-corrected chi connectivity index (χ1v) is 7.17. The molecule has 2 rings (SSSR count). The van der Waals surface area contributed by atoms with Gasteiger partial charge in [-0.25, -0.2) is 4.79 Å². The molecule has 0 heterocycles. The second-order valence-corrected chi connectivity index (χ2v) is 6.46. The van der Waals surface area contributed by atoms with Crippen LogP contribution in [0.2, 0.25) is 0 Å². The van der Waals surface area contributed by atoms with Gasteiger partial charge in [-0.2, -0.15) is 0 Å². The van der Waals surface area contributed by atoms with Gasteiger partial charge in [0.25, 0.3) is 0 Å². The minimum absolute atomic E-state index is 0.0799. The molecule has 0 radical (unpaired) electrons. The van der Waals surface area contributed by atoms with Gasteiger partial charge in [-0.15, -0.1) is 0 Å². The zero-order valence-electron chi connectivity index (χ0n) is 13.4. The van der Waals surface area contributed by atoms with Crippen molar-refractivity contribution in [3.63, 3.8) is 0 Å². The average molecular weight is 282 g/mol. The molecule has 0 saturated heterocycles. The van der Waals surface area contributed by atoms with Crippen LogP contribution in [0.25, 0.3) is 0 Å². The van der Waals surface area contributed by atoms with Crippen LogP contribution in [0.15, 0.2) is 42.5 Å². The third-order valence-electron chi connectivity index (χ3n) is 3.68. The van der Waals surface area contributed by atoms with Crippen molar-refractivity contribution < 1.29 is 9.53 Å². The van der Waals surface area contributed by atoms with Crippen LogP contribution < -0.4 is 4.74 Å². The van der Waals surface area contributed by atoms with Crippen molar-refractivity contribution in [3.05, 3.63) is 64.7 Å². The Labute approximate surface area is 126 Å². The number of carbonyl (C=O) groups is 1. The molecule has 110 valence electrons. The van der Waals surface area contributed by atoms with Crippen molar-refractivity contribution in [1.82, 2.24) is 0 Å². The maximum Gasteiger partial charge on any atom is 0.343 e. The SMILES string of the molecule is Cc1ccc(OC(=O)c2ccc(C(C)(C)C)cc2)cc1C. The van der Waals surface area contributed by atoms with Gasteiger partial charge in [-0.1, -0.05) is 39.0 Å². The number of benzene rings is 2. The van der Waals surface area contributed by atoms with E-state index in [4.69, 9.17) is 4.74 Å². The first kappa shape index (κ1) is 15.3. The Morgan fingerprint density at radius 1 is 0.905 bits per heavy atom. The summed E-state index contributed by atoms with van der Waals surface area (Å²) in [6.07, 6.45) is 0. The van der Waals surface area contributed by atoms with E-state index in [1.54, 1.807) is 0 Å². The van der Waals surface area contributed by atoms with Crippen molar-refractivity contribution in [3.8, 4) is 5.75 Å². The number of aryl methyl sites for hydroxylation is 2. The lowest BCUT2D eigenvalue weighted by Crippen LogP contribution is -2.13. The minimum Gasteiger partial charge on any atom is -0.423 e. The van der Waals surface area contributed by atoms with E-state index in [1.165, 1.54) is 11.1 Å². The zero-order chi connectivity index (χ0) is 15.6. The predicted molar refractivity (Wildman–Crippen MR) is 86.0 cm³/mol. The van der Waals surface area contributed by atoms with E-state index in [1.807, 2.05) is 56.3 Å². The quantitative estimate of drug-likeness (QED) is 0.583. The number of ether oxygens (including phenoxy) is 1. The third kappa shape index (κ3) is 3.72. The Hall–Kier alpha value is -2.09. The van der Waals surface area contributed by atoms with Crippen LogP contribution in [-0.2, 0) is 5.41 Å². The number of carbonyl (C=O) groups excluding carboxylic acids is 1. The highest BCUT2D eigenvalue weighted by Crippen LogP contribution is 2.23. The minimum atomic E-state index is -0.321. The fourth-order valence-corrected chi connectivity index (χ4v) is 2.05. The van der Waals surface area contributed by atoms with Crippen LogP contribution >= 0.6 is 0 Å². The highest BCUT2D eigenvalue weighted by molar-refractivity contribution is 5.91. The van der Waals surface area contributed by atoms with E-state index in [-0.39, 0.29) is 11.4 Å². The van der Waals surface area contributed by atoms with E-state index < -0.39 is 0 Å². The predicted octanol–water partition coefficient (Wildman–Crippen LogP) is 4.82. The van der Waals surface area contributed by atoms with Crippen LogP contribution in [0, 0.1) is 13.8 Å². The van der Waals surface area contributed by atoms with Crippen molar-refractivity contribution in [2.24, 2.45) is 0 Å². The Kier molecular flexibility index (Phi) is 4.17. The first-order chi connectivity index (χ1) is 9.77. The second kappa shape index (κ2) is 5.72. The lowest BCUT2D eigenvalue weighted by molar-refractivity contribution is 0.0734. The van der Waals surface area contributed by atoms with Gasteiger partial charge in [0.2, 0.25) is 0 Å². The van der Waals surface area contributed by atoms with Crippen molar-refractivity contribution in [1.29, 1.82) is 0 Å². The molecular weight excluding hydrogens is 260 g/mol. The van der Waals surface area contributed by atoms with Crippen molar-refractivity contribution in [2.75, 3.05) is 0 Å². The average Bonchev–Trinajstić information content (AvgIpc) is 2.42. The molecule has 0 aliphatic heterocycles. The van der Waals surface area contributed by atoms with Crippen LogP contribution in [0.1, 0.15) is 47.8 Å². The standard InChI is InChI=1S/C19H22O2/c1-13-6-11-17(12-14(13)2)21-18(20)15-7-9-16(10-8-15)19(3,4)5/h6-12H,1-5H3. The first-order valence-electron chi connectivity index (χ1n) is 7.17. The molecule has 2 aromatic carbocycles. The van der Waals surface area contributed by atoms with Gasteiger partial charge < -0.3 is 4.74 Å². The smallest absolute Gasteiger partial charge is 0.343 e. The summed E-state index contributed by atoms with van der Waals surface area (Å²) in [4.78, 5) is 12.1. The summed E-state index contributed by atoms with van der Waals surface area (Å²) in [5.74, 6) is 0.265. The van der Waals surface area contributed by atoms with Crippen LogP contribution in [0.4, 0.5) is 0 Å². The van der Waals surface area contributed by atoms with Crippen LogP contribution in [-0.4, -0.2) is 5.97 Å². The molecule has 2 heteroatoms. The van der Waals surface area contributed by atoms with Gasteiger partial charge in [-0.05, 0) is 60.2 Å². The normalized spacial score (nSPS) is 11.3. The molecule has 0 bridgehead atoms. The fourth-order valence-electron chi connectivity index (χ4n) is 2.05. The molecule has 0 aliphatic rings. The lowest BCUT2D eigenvalue weighted by atomic mass is 9.87. The van der Waals surface area contributed by atoms with Gasteiger partial charge >= 0.3 is 5.97 Å². The second-order valence-electron chi connectivity index (χ2n) is 6.46. The summed E-state index contributed by atoms with van der Waals surface area (Å²) in [5, 5.41) is 0. The Morgan fingerprint density at radius 3 is 2.05 bits per heavy atom. The van der Waals surface area contributed by atoms with Crippen LogP contribution in [0.3, 0.4) is 0 Å². The summed E-state index contributed by atoms with van der Waals surface area (Å²) >= 11 is 0. The topological polar surface area (TPSA) is 26.3 Å². The maximum absolute atomic E-state index is 12.1. The summed E-state index contributed by atoms with van der Waals surface area (Å²) < 4.78 is 5.42.